The molecule has 0 bridgehead atoms. The largest absolute Gasteiger partial charge is 0.492 e. The molecule has 0 unspecified atom stereocenters. The predicted octanol–water partition coefficient (Wildman–Crippen LogP) is 6.54. The highest BCUT2D eigenvalue weighted by atomic mass is 32.2. The van der Waals surface area contributed by atoms with Gasteiger partial charge in [-0.2, -0.15) is 0 Å². The van der Waals surface area contributed by atoms with Crippen molar-refractivity contribution in [1.29, 1.82) is 0 Å². The Labute approximate surface area is 222 Å². The van der Waals surface area contributed by atoms with Gasteiger partial charge in [0.2, 0.25) is 0 Å². The Bertz CT molecular complexity index is 1270. The molecule has 1 fully saturated rings. The number of aryl methyl sites for hydroxylation is 1. The second-order valence-electron chi connectivity index (χ2n) is 8.67. The minimum atomic E-state index is -0.315. The fourth-order valence-electron chi connectivity index (χ4n) is 4.08. The number of imide groups is 1. The SMILES string of the molecule is CCN(CC)c1ccc(/C=C2\SC(=O)N(CCOc3cccc(C)c3)C2=O)c(OCc2ccccc2)c1. The van der Waals surface area contributed by atoms with Crippen LogP contribution in [-0.4, -0.2) is 42.3 Å². The molecule has 6 nitrogen and oxygen atoms in total. The second kappa shape index (κ2) is 12.5. The lowest BCUT2D eigenvalue weighted by Crippen LogP contribution is -2.32. The van der Waals surface area contributed by atoms with E-state index in [0.717, 1.165) is 53.0 Å². The lowest BCUT2D eigenvalue weighted by atomic mass is 10.1. The number of hydrogen-bond donors (Lipinski definition) is 0. The highest BCUT2D eigenvalue weighted by Crippen LogP contribution is 2.35. The van der Waals surface area contributed by atoms with Crippen LogP contribution in [0.5, 0.6) is 11.5 Å². The number of rotatable bonds is 11. The van der Waals surface area contributed by atoms with Gasteiger partial charge in [0.25, 0.3) is 11.1 Å². The summed E-state index contributed by atoms with van der Waals surface area (Å²) in [6.07, 6.45) is 1.75. The van der Waals surface area contributed by atoms with Crippen LogP contribution in [0.2, 0.25) is 0 Å². The fourth-order valence-corrected chi connectivity index (χ4v) is 4.94. The molecule has 192 valence electrons. The fraction of sp³-hybridized carbons (Fsp3) is 0.267. The molecule has 0 radical (unpaired) electrons. The molecule has 1 aliphatic rings. The van der Waals surface area contributed by atoms with E-state index in [2.05, 4.69) is 18.7 Å². The van der Waals surface area contributed by atoms with Crippen molar-refractivity contribution in [3.63, 3.8) is 0 Å². The van der Waals surface area contributed by atoms with E-state index in [1.54, 1.807) is 6.08 Å². The maximum Gasteiger partial charge on any atom is 0.293 e. The third-order valence-corrected chi connectivity index (χ3v) is 7.00. The predicted molar refractivity (Wildman–Crippen MR) is 150 cm³/mol. The summed E-state index contributed by atoms with van der Waals surface area (Å²) < 4.78 is 12.0. The molecule has 0 N–H and O–H groups in total. The maximum absolute atomic E-state index is 13.1. The average molecular weight is 517 g/mol. The Morgan fingerprint density at radius 3 is 2.43 bits per heavy atom. The smallest absolute Gasteiger partial charge is 0.293 e. The second-order valence-corrected chi connectivity index (χ2v) is 9.66. The highest BCUT2D eigenvalue weighted by molar-refractivity contribution is 8.18. The molecule has 37 heavy (non-hydrogen) atoms. The van der Waals surface area contributed by atoms with E-state index in [-0.39, 0.29) is 24.3 Å². The zero-order chi connectivity index (χ0) is 26.2. The number of benzene rings is 3. The number of thioether (sulfide) groups is 1. The quantitative estimate of drug-likeness (QED) is 0.270. The minimum Gasteiger partial charge on any atom is -0.492 e. The Balaban J connectivity index is 1.51. The van der Waals surface area contributed by atoms with E-state index < -0.39 is 0 Å². The Morgan fingerprint density at radius 1 is 0.919 bits per heavy atom. The normalized spacial score (nSPS) is 14.4. The Morgan fingerprint density at radius 2 is 1.70 bits per heavy atom. The van der Waals surface area contributed by atoms with Gasteiger partial charge >= 0.3 is 0 Å². The molecule has 2 amide bonds. The van der Waals surface area contributed by atoms with Crippen LogP contribution in [0.3, 0.4) is 0 Å². The molecule has 1 aliphatic heterocycles. The number of anilines is 1. The molecule has 3 aromatic rings. The summed E-state index contributed by atoms with van der Waals surface area (Å²) >= 11 is 0.945. The molecule has 0 atom stereocenters. The van der Waals surface area contributed by atoms with E-state index in [1.807, 2.05) is 79.7 Å². The van der Waals surface area contributed by atoms with Crippen LogP contribution in [0.25, 0.3) is 6.08 Å². The number of ether oxygens (including phenoxy) is 2. The van der Waals surface area contributed by atoms with Crippen LogP contribution in [0.15, 0.2) is 77.7 Å². The zero-order valence-electron chi connectivity index (χ0n) is 21.5. The van der Waals surface area contributed by atoms with Gasteiger partial charge in [-0.25, -0.2) is 0 Å². The van der Waals surface area contributed by atoms with Crippen LogP contribution in [0.1, 0.15) is 30.5 Å². The summed E-state index contributed by atoms with van der Waals surface area (Å²) in [6, 6.07) is 23.6. The van der Waals surface area contributed by atoms with Gasteiger partial charge in [0.05, 0.1) is 11.4 Å². The average Bonchev–Trinajstić information content (AvgIpc) is 3.17. The van der Waals surface area contributed by atoms with Gasteiger partial charge in [-0.1, -0.05) is 42.5 Å². The number of carbonyl (C=O) groups excluding carboxylic acids is 2. The zero-order valence-corrected chi connectivity index (χ0v) is 22.3. The van der Waals surface area contributed by atoms with E-state index in [4.69, 9.17) is 9.47 Å². The Hall–Kier alpha value is -3.71. The van der Waals surface area contributed by atoms with Crippen molar-refractivity contribution in [2.75, 3.05) is 31.1 Å². The van der Waals surface area contributed by atoms with E-state index in [1.165, 1.54) is 4.90 Å². The van der Waals surface area contributed by atoms with Crippen molar-refractivity contribution in [2.24, 2.45) is 0 Å². The van der Waals surface area contributed by atoms with Gasteiger partial charge in [0.15, 0.2) is 0 Å². The van der Waals surface area contributed by atoms with Crippen molar-refractivity contribution < 1.29 is 19.1 Å². The summed E-state index contributed by atoms with van der Waals surface area (Å²) in [5, 5.41) is -0.296. The topological polar surface area (TPSA) is 59.1 Å². The molecule has 3 aromatic carbocycles. The van der Waals surface area contributed by atoms with Crippen LogP contribution in [-0.2, 0) is 11.4 Å². The molecular weight excluding hydrogens is 484 g/mol. The van der Waals surface area contributed by atoms with Gasteiger partial charge in [-0.05, 0) is 74.0 Å². The third-order valence-electron chi connectivity index (χ3n) is 6.10. The van der Waals surface area contributed by atoms with Crippen molar-refractivity contribution >= 4 is 34.7 Å². The van der Waals surface area contributed by atoms with Gasteiger partial charge in [0, 0.05) is 30.4 Å². The van der Waals surface area contributed by atoms with Crippen molar-refractivity contribution in [3.8, 4) is 11.5 Å². The number of hydrogen-bond acceptors (Lipinski definition) is 6. The summed E-state index contributed by atoms with van der Waals surface area (Å²) in [6.45, 7) is 8.78. The maximum atomic E-state index is 13.1. The number of amides is 2. The first-order valence-corrected chi connectivity index (χ1v) is 13.3. The molecule has 0 spiro atoms. The van der Waals surface area contributed by atoms with E-state index in [0.29, 0.717) is 17.3 Å². The van der Waals surface area contributed by atoms with Gasteiger partial charge in [-0.15, -0.1) is 0 Å². The number of nitrogens with zero attached hydrogens (tertiary/aromatic N) is 2. The van der Waals surface area contributed by atoms with Crippen LogP contribution in [0.4, 0.5) is 10.5 Å². The summed E-state index contributed by atoms with van der Waals surface area (Å²) in [5.74, 6) is 1.07. The highest BCUT2D eigenvalue weighted by Gasteiger charge is 2.35. The first-order chi connectivity index (χ1) is 18.0. The minimum absolute atomic E-state index is 0.189. The van der Waals surface area contributed by atoms with E-state index in [9.17, 15) is 9.59 Å². The molecule has 0 saturated carbocycles. The van der Waals surface area contributed by atoms with Crippen LogP contribution in [0, 0.1) is 6.92 Å². The summed E-state index contributed by atoms with van der Waals surface area (Å²) in [4.78, 5) is 29.6. The molecule has 4 rings (SSSR count). The monoisotopic (exact) mass is 516 g/mol. The molecule has 1 saturated heterocycles. The summed E-state index contributed by atoms with van der Waals surface area (Å²) in [7, 11) is 0. The van der Waals surface area contributed by atoms with Gasteiger partial charge in [0.1, 0.15) is 24.7 Å². The van der Waals surface area contributed by atoms with Gasteiger partial charge < -0.3 is 14.4 Å². The van der Waals surface area contributed by atoms with Gasteiger partial charge in [-0.3, -0.25) is 14.5 Å². The first kappa shape index (κ1) is 26.4. The molecule has 0 aromatic heterocycles. The van der Waals surface area contributed by atoms with Crippen molar-refractivity contribution in [3.05, 3.63) is 94.4 Å². The lowest BCUT2D eigenvalue weighted by molar-refractivity contribution is -0.123. The first-order valence-electron chi connectivity index (χ1n) is 12.5. The molecule has 0 aliphatic carbocycles. The summed E-state index contributed by atoms with van der Waals surface area (Å²) in [5.41, 5.74) is 3.94. The molecule has 1 heterocycles. The van der Waals surface area contributed by atoms with Crippen LogP contribution < -0.4 is 14.4 Å². The Kier molecular flexibility index (Phi) is 8.90. The third kappa shape index (κ3) is 6.74. The molecular formula is C30H32N2O4S. The molecule has 7 heteroatoms. The lowest BCUT2D eigenvalue weighted by Gasteiger charge is -2.22. The van der Waals surface area contributed by atoms with Crippen molar-refractivity contribution in [1.82, 2.24) is 4.90 Å². The number of carbonyl (C=O) groups is 2. The van der Waals surface area contributed by atoms with E-state index >= 15 is 0 Å². The van der Waals surface area contributed by atoms with Crippen molar-refractivity contribution in [2.45, 2.75) is 27.4 Å². The van der Waals surface area contributed by atoms with Crippen LogP contribution >= 0.6 is 11.8 Å². The standard InChI is InChI=1S/C30H32N2O4S/c1-4-31(5-2)25-15-14-24(27(20-25)36-21-23-11-7-6-8-12-23)19-28-29(33)32(30(34)37-28)16-17-35-26-13-9-10-22(3)18-26/h6-15,18-20H,4-5,16-17,21H2,1-3H3/b28-19-.